The molecule has 2 amide bonds. The Morgan fingerprint density at radius 3 is 2.19 bits per heavy atom. The quantitative estimate of drug-likeness (QED) is 0.909. The second-order valence-corrected chi connectivity index (χ2v) is 5.81. The largest absolute Gasteiger partial charge is 0.480 e. The van der Waals surface area contributed by atoms with Crippen LogP contribution < -0.4 is 0 Å². The molecule has 0 bridgehead atoms. The third kappa shape index (κ3) is 4.11. The number of benzene rings is 1. The number of carboxylic acid groups (broad SMARTS) is 1. The molecular formula is C15H21ClN2O3. The average Bonchev–Trinajstić information content (AvgIpc) is 2.41. The first-order valence-corrected chi connectivity index (χ1v) is 7.08. The predicted molar refractivity (Wildman–Crippen MR) is 82.4 cm³/mol. The van der Waals surface area contributed by atoms with Crippen molar-refractivity contribution in [3.63, 3.8) is 0 Å². The van der Waals surface area contributed by atoms with E-state index in [9.17, 15) is 14.7 Å². The van der Waals surface area contributed by atoms with Gasteiger partial charge in [-0.25, -0.2) is 9.59 Å². The van der Waals surface area contributed by atoms with Gasteiger partial charge in [-0.15, -0.1) is 0 Å². The predicted octanol–water partition coefficient (Wildman–Crippen LogP) is 3.08. The van der Waals surface area contributed by atoms with Crippen LogP contribution in [0.15, 0.2) is 24.3 Å². The van der Waals surface area contributed by atoms with Crippen molar-refractivity contribution in [2.75, 3.05) is 13.6 Å². The van der Waals surface area contributed by atoms with Crippen LogP contribution in [0.5, 0.6) is 0 Å². The van der Waals surface area contributed by atoms with Crippen LogP contribution in [0, 0.1) is 0 Å². The van der Waals surface area contributed by atoms with E-state index < -0.39 is 11.5 Å². The summed E-state index contributed by atoms with van der Waals surface area (Å²) in [5, 5.41) is 9.90. The van der Waals surface area contributed by atoms with Crippen molar-refractivity contribution < 1.29 is 14.7 Å². The van der Waals surface area contributed by atoms with Crippen molar-refractivity contribution in [3.05, 3.63) is 34.9 Å². The number of carboxylic acids is 1. The van der Waals surface area contributed by atoms with Gasteiger partial charge in [-0.05, 0) is 38.5 Å². The van der Waals surface area contributed by atoms with E-state index in [1.54, 1.807) is 26.1 Å². The molecule has 1 rings (SSSR count). The smallest absolute Gasteiger partial charge is 0.329 e. The zero-order valence-electron chi connectivity index (χ0n) is 12.8. The zero-order valence-corrected chi connectivity index (χ0v) is 13.5. The van der Waals surface area contributed by atoms with Gasteiger partial charge in [-0.2, -0.15) is 0 Å². The highest BCUT2D eigenvalue weighted by molar-refractivity contribution is 6.30. The summed E-state index contributed by atoms with van der Waals surface area (Å²) in [6.45, 7) is 5.52. The number of nitrogens with zero attached hydrogens (tertiary/aromatic N) is 2. The third-order valence-electron chi connectivity index (χ3n) is 3.40. The Kier molecular flexibility index (Phi) is 5.61. The lowest BCUT2D eigenvalue weighted by Crippen LogP contribution is -2.56. The number of hydrogen-bond acceptors (Lipinski definition) is 2. The molecule has 116 valence electrons. The molecule has 1 aromatic rings. The summed E-state index contributed by atoms with van der Waals surface area (Å²) in [6.07, 6.45) is 0. The molecule has 0 aliphatic rings. The van der Waals surface area contributed by atoms with Crippen molar-refractivity contribution in [2.45, 2.75) is 32.9 Å². The highest BCUT2D eigenvalue weighted by atomic mass is 35.5. The SMILES string of the molecule is CCN(C(=O)N(C)Cc1ccc(Cl)cc1)C(C)(C)C(=O)O. The molecule has 0 radical (unpaired) electrons. The molecule has 0 aliphatic heterocycles. The minimum absolute atomic E-state index is 0.320. The van der Waals surface area contributed by atoms with Crippen molar-refractivity contribution in [2.24, 2.45) is 0 Å². The maximum atomic E-state index is 12.5. The molecule has 6 heteroatoms. The maximum Gasteiger partial charge on any atom is 0.329 e. The van der Waals surface area contributed by atoms with Crippen LogP contribution in [0.2, 0.25) is 5.02 Å². The lowest BCUT2D eigenvalue weighted by molar-refractivity contribution is -0.147. The van der Waals surface area contributed by atoms with Gasteiger partial charge in [-0.3, -0.25) is 0 Å². The molecule has 5 nitrogen and oxygen atoms in total. The Bertz CT molecular complexity index is 514. The number of hydrogen-bond donors (Lipinski definition) is 1. The highest BCUT2D eigenvalue weighted by Gasteiger charge is 2.38. The fourth-order valence-electron chi connectivity index (χ4n) is 2.02. The molecular weight excluding hydrogens is 292 g/mol. The molecule has 0 atom stereocenters. The first-order chi connectivity index (χ1) is 9.70. The number of aliphatic carboxylic acids is 1. The van der Waals surface area contributed by atoms with E-state index in [0.717, 1.165) is 5.56 Å². The minimum Gasteiger partial charge on any atom is -0.480 e. The zero-order chi connectivity index (χ0) is 16.2. The summed E-state index contributed by atoms with van der Waals surface area (Å²) in [7, 11) is 1.65. The van der Waals surface area contributed by atoms with E-state index in [1.807, 2.05) is 12.1 Å². The van der Waals surface area contributed by atoms with Crippen LogP contribution in [0.4, 0.5) is 4.79 Å². The Hall–Kier alpha value is -1.75. The van der Waals surface area contributed by atoms with E-state index in [0.29, 0.717) is 18.1 Å². The fourth-order valence-corrected chi connectivity index (χ4v) is 2.15. The fraction of sp³-hybridized carbons (Fsp3) is 0.467. The number of urea groups is 1. The molecule has 0 heterocycles. The number of carbonyl (C=O) groups is 2. The Morgan fingerprint density at radius 2 is 1.76 bits per heavy atom. The molecule has 1 aromatic carbocycles. The lowest BCUT2D eigenvalue weighted by Gasteiger charge is -2.37. The molecule has 1 N–H and O–H groups in total. The minimum atomic E-state index is -1.25. The molecule has 0 spiro atoms. The van der Waals surface area contributed by atoms with E-state index >= 15 is 0 Å². The first kappa shape index (κ1) is 17.3. The van der Waals surface area contributed by atoms with Crippen LogP contribution in [-0.2, 0) is 11.3 Å². The summed E-state index contributed by atoms with van der Waals surface area (Å²) in [4.78, 5) is 26.6. The maximum absolute atomic E-state index is 12.5. The van der Waals surface area contributed by atoms with Crippen LogP contribution in [0.3, 0.4) is 0 Å². The normalized spacial score (nSPS) is 11.1. The van der Waals surface area contributed by atoms with Gasteiger partial charge in [0.25, 0.3) is 0 Å². The summed E-state index contributed by atoms with van der Waals surface area (Å²) in [6, 6.07) is 6.87. The van der Waals surface area contributed by atoms with Gasteiger partial charge in [-0.1, -0.05) is 23.7 Å². The number of halogens is 1. The summed E-state index contributed by atoms with van der Waals surface area (Å²) in [5.74, 6) is -1.03. The Balaban J connectivity index is 2.85. The number of amides is 2. The summed E-state index contributed by atoms with van der Waals surface area (Å²) < 4.78 is 0. The molecule has 0 aliphatic carbocycles. The third-order valence-corrected chi connectivity index (χ3v) is 3.66. The number of carbonyl (C=O) groups excluding carboxylic acids is 1. The monoisotopic (exact) mass is 312 g/mol. The second kappa shape index (κ2) is 6.80. The van der Waals surface area contributed by atoms with Gasteiger partial charge in [0.1, 0.15) is 5.54 Å². The van der Waals surface area contributed by atoms with Crippen molar-refractivity contribution in [1.29, 1.82) is 0 Å². The van der Waals surface area contributed by atoms with Crippen molar-refractivity contribution in [3.8, 4) is 0 Å². The molecule has 0 saturated carbocycles. The summed E-state index contributed by atoms with van der Waals surface area (Å²) in [5.41, 5.74) is -0.320. The molecule has 0 fully saturated rings. The van der Waals surface area contributed by atoms with Crippen molar-refractivity contribution in [1.82, 2.24) is 9.80 Å². The standard InChI is InChI=1S/C15H21ClN2O3/c1-5-18(15(2,3)13(19)20)14(21)17(4)10-11-6-8-12(16)9-7-11/h6-9H,5,10H2,1-4H3,(H,19,20). The van der Waals surface area contributed by atoms with Crippen molar-refractivity contribution >= 4 is 23.6 Å². The van der Waals surface area contributed by atoms with Gasteiger partial charge in [0.05, 0.1) is 0 Å². The van der Waals surface area contributed by atoms with E-state index in [2.05, 4.69) is 0 Å². The van der Waals surface area contributed by atoms with Gasteiger partial charge in [0.2, 0.25) is 0 Å². The molecule has 0 aromatic heterocycles. The van der Waals surface area contributed by atoms with E-state index in [4.69, 9.17) is 11.6 Å². The first-order valence-electron chi connectivity index (χ1n) is 6.70. The second-order valence-electron chi connectivity index (χ2n) is 5.37. The number of rotatable bonds is 5. The van der Waals surface area contributed by atoms with Crippen LogP contribution in [0.1, 0.15) is 26.3 Å². The molecule has 21 heavy (non-hydrogen) atoms. The van der Waals surface area contributed by atoms with E-state index in [1.165, 1.54) is 23.6 Å². The van der Waals surface area contributed by atoms with Gasteiger partial charge >= 0.3 is 12.0 Å². The topological polar surface area (TPSA) is 60.9 Å². The summed E-state index contributed by atoms with van der Waals surface area (Å²) >= 11 is 5.82. The van der Waals surface area contributed by atoms with Crippen LogP contribution in [0.25, 0.3) is 0 Å². The van der Waals surface area contributed by atoms with E-state index in [-0.39, 0.29) is 6.03 Å². The van der Waals surface area contributed by atoms with Gasteiger partial charge in [0, 0.05) is 25.2 Å². The average molecular weight is 313 g/mol. The van der Waals surface area contributed by atoms with Crippen LogP contribution in [-0.4, -0.2) is 46.0 Å². The lowest BCUT2D eigenvalue weighted by atomic mass is 10.0. The highest BCUT2D eigenvalue weighted by Crippen LogP contribution is 2.18. The Labute approximate surface area is 130 Å². The van der Waals surface area contributed by atoms with Crippen LogP contribution >= 0.6 is 11.6 Å². The molecule has 0 saturated heterocycles. The number of likely N-dealkylation sites (N-methyl/N-ethyl adjacent to an activating group) is 1. The van der Waals surface area contributed by atoms with Gasteiger partial charge < -0.3 is 14.9 Å². The Morgan fingerprint density at radius 1 is 1.24 bits per heavy atom. The van der Waals surface area contributed by atoms with Gasteiger partial charge in [0.15, 0.2) is 0 Å². The molecule has 0 unspecified atom stereocenters.